The van der Waals surface area contributed by atoms with Gasteiger partial charge in [0.2, 0.25) is 0 Å². The second kappa shape index (κ2) is 17.5. The van der Waals surface area contributed by atoms with Gasteiger partial charge < -0.3 is 35.6 Å². The minimum absolute atomic E-state index is 0.0189. The highest BCUT2D eigenvalue weighted by molar-refractivity contribution is 7.39. The first kappa shape index (κ1) is 37.6. The van der Waals surface area contributed by atoms with Crippen LogP contribution in [0.5, 0.6) is 23.0 Å². The highest BCUT2D eigenvalue weighted by atomic mass is 31.2. The maximum absolute atomic E-state index is 12.8. The lowest BCUT2D eigenvalue weighted by atomic mass is 10.2. The van der Waals surface area contributed by atoms with E-state index >= 15 is 0 Å². The number of hydrogen-bond acceptors (Lipinski definition) is 12. The molecule has 19 nitrogen and oxygen atoms in total. The van der Waals surface area contributed by atoms with Crippen LogP contribution in [-0.2, 0) is 13.7 Å². The fraction of sp³-hybridized carbons (Fsp3) is 0. The normalized spacial score (nSPS) is 11.4. The minimum atomic E-state index is -3.07. The summed E-state index contributed by atoms with van der Waals surface area (Å²) in [5, 5.41) is 10.1. The van der Waals surface area contributed by atoms with Crippen molar-refractivity contribution in [3.05, 3.63) is 96.1 Å². The van der Waals surface area contributed by atoms with Gasteiger partial charge in [-0.2, -0.15) is 0 Å². The molecular formula is C27H23N4O15P4+3. The predicted molar refractivity (Wildman–Crippen MR) is 178 cm³/mol. The summed E-state index contributed by atoms with van der Waals surface area (Å²) in [7, 11) is -12.0. The number of nitrogens with one attached hydrogen (secondary N) is 4. The molecule has 0 aliphatic carbocycles. The first-order valence-electron chi connectivity index (χ1n) is 13.3. The van der Waals surface area contributed by atoms with E-state index in [0.29, 0.717) is 11.4 Å². The second-order valence-electron chi connectivity index (χ2n) is 9.36. The third kappa shape index (κ3) is 12.1. The third-order valence-corrected chi connectivity index (χ3v) is 7.30. The van der Waals surface area contributed by atoms with Gasteiger partial charge in [0, 0.05) is 84.0 Å². The molecule has 3 unspecified atom stereocenters. The first-order valence-corrected chi connectivity index (χ1v) is 17.9. The molecule has 258 valence electrons. The maximum atomic E-state index is 12.8. The van der Waals surface area contributed by atoms with E-state index in [1.165, 1.54) is 72.8 Å². The fourth-order valence-electron chi connectivity index (χ4n) is 3.97. The molecule has 4 amide bonds. The van der Waals surface area contributed by atoms with E-state index in [1.807, 2.05) is 0 Å². The van der Waals surface area contributed by atoms with Crippen LogP contribution in [0, 0.1) is 0 Å². The van der Waals surface area contributed by atoms with Crippen LogP contribution in [0.1, 0.15) is 20.7 Å². The quantitative estimate of drug-likeness (QED) is 0.0715. The van der Waals surface area contributed by atoms with Crippen LogP contribution >= 0.6 is 33.4 Å². The molecule has 0 saturated heterocycles. The highest BCUT2D eigenvalue weighted by Crippen LogP contribution is 2.37. The smallest absolute Gasteiger partial charge is 0.427 e. The molecule has 0 aliphatic heterocycles. The third-order valence-electron chi connectivity index (χ3n) is 5.82. The SMILES string of the molecule is O=C(Nc1ccc(C(=O)Nc2cc(OP(O)O)cc(O[P+](=O)O)c2)cc1)Nc1ccc(C(=O)Nc2cc(O[P+](=O)O)cc(O[P+](=O)O)c2)cc1. The summed E-state index contributed by atoms with van der Waals surface area (Å²) < 4.78 is 52.0. The Bertz CT molecular complexity index is 1910. The standard InChI is InChI=1S/C27H20N4O15P4/c32-25(28-19-9-21(43-47(35)36)13-22(10-19)44-48(37)38)15-1-5-17(6-2-15)30-27(34)31-18-7-3-16(4-8-18)26(33)29-20-11-23(45-49(39)40)14-24(12-20)46-50(41)42/h1-14,35-36H,(H4-3,28,29,30,31,32,33,34,37,38,39,40,41,42)/p+3. The molecule has 0 spiro atoms. The molecule has 4 aromatic carbocycles. The van der Waals surface area contributed by atoms with Gasteiger partial charge in [-0.3, -0.25) is 9.59 Å². The van der Waals surface area contributed by atoms with Crippen molar-refractivity contribution >= 4 is 74.0 Å². The van der Waals surface area contributed by atoms with Gasteiger partial charge in [0.05, 0.1) is 0 Å². The van der Waals surface area contributed by atoms with Crippen LogP contribution in [0.4, 0.5) is 27.5 Å². The van der Waals surface area contributed by atoms with Crippen molar-refractivity contribution in [2.45, 2.75) is 0 Å². The molecule has 0 fully saturated rings. The average Bonchev–Trinajstić information content (AvgIpc) is 3.00. The summed E-state index contributed by atoms with van der Waals surface area (Å²) in [5.41, 5.74) is 0.953. The van der Waals surface area contributed by atoms with Crippen molar-refractivity contribution in [3.63, 3.8) is 0 Å². The zero-order valence-corrected chi connectivity index (χ0v) is 28.3. The lowest BCUT2D eigenvalue weighted by molar-refractivity contribution is 0.101. The zero-order valence-electron chi connectivity index (χ0n) is 24.7. The molecule has 9 N–H and O–H groups in total. The number of urea groups is 1. The van der Waals surface area contributed by atoms with E-state index in [-0.39, 0.29) is 45.5 Å². The molecule has 0 bridgehead atoms. The van der Waals surface area contributed by atoms with Crippen LogP contribution < -0.4 is 39.4 Å². The molecule has 0 aliphatic rings. The van der Waals surface area contributed by atoms with Gasteiger partial charge in [-0.25, -0.2) is 18.4 Å². The van der Waals surface area contributed by atoms with E-state index in [1.54, 1.807) is 0 Å². The Balaban J connectivity index is 1.34. The number of benzene rings is 4. The van der Waals surface area contributed by atoms with Crippen LogP contribution in [0.2, 0.25) is 0 Å². The lowest BCUT2D eigenvalue weighted by Crippen LogP contribution is -2.19. The molecule has 0 heterocycles. The predicted octanol–water partition coefficient (Wildman–Crippen LogP) is 5.51. The Morgan fingerprint density at radius 1 is 0.500 bits per heavy atom. The molecule has 3 atom stereocenters. The largest absolute Gasteiger partial charge is 0.747 e. The number of amides is 4. The van der Waals surface area contributed by atoms with Crippen LogP contribution in [0.15, 0.2) is 84.9 Å². The first-order chi connectivity index (χ1) is 23.7. The van der Waals surface area contributed by atoms with Crippen LogP contribution in [0.25, 0.3) is 0 Å². The molecule has 23 heteroatoms. The van der Waals surface area contributed by atoms with Crippen molar-refractivity contribution < 1.29 is 70.6 Å². The summed E-state index contributed by atoms with van der Waals surface area (Å²) >= 11 is 0. The fourth-order valence-corrected chi connectivity index (χ4v) is 5.12. The van der Waals surface area contributed by atoms with Gasteiger partial charge in [0.25, 0.3) is 11.8 Å². The number of rotatable bonds is 14. The maximum Gasteiger partial charge on any atom is 0.747 e. The van der Waals surface area contributed by atoms with Gasteiger partial charge in [-0.15, -0.1) is 14.7 Å². The van der Waals surface area contributed by atoms with E-state index in [2.05, 4.69) is 30.3 Å². The molecule has 4 rings (SSSR count). The Hall–Kier alpha value is -5.18. The van der Waals surface area contributed by atoms with Gasteiger partial charge in [-0.1, -0.05) is 0 Å². The van der Waals surface area contributed by atoms with Crippen LogP contribution in [-0.4, -0.2) is 42.3 Å². The molecule has 0 radical (unpaired) electrons. The lowest BCUT2D eigenvalue weighted by Gasteiger charge is -2.11. The van der Waals surface area contributed by atoms with Crippen molar-refractivity contribution in [1.29, 1.82) is 0 Å². The summed E-state index contributed by atoms with van der Waals surface area (Å²) in [6.07, 6.45) is 0. The topological polar surface area (TPSA) is 289 Å². The van der Waals surface area contributed by atoms with Gasteiger partial charge in [0.1, 0.15) is 5.75 Å². The minimum Gasteiger partial charge on any atom is -0.427 e. The van der Waals surface area contributed by atoms with E-state index in [4.69, 9.17) is 33.5 Å². The van der Waals surface area contributed by atoms with E-state index in [9.17, 15) is 28.1 Å². The monoisotopic (exact) mass is 767 g/mol. The zero-order chi connectivity index (χ0) is 36.4. The second-order valence-corrected chi connectivity index (χ2v) is 12.0. The van der Waals surface area contributed by atoms with Gasteiger partial charge in [0.15, 0.2) is 17.2 Å². The number of hydrogen-bond donors (Lipinski definition) is 9. The van der Waals surface area contributed by atoms with Gasteiger partial charge in [-0.05, 0) is 48.5 Å². The number of anilines is 4. The Morgan fingerprint density at radius 3 is 1.18 bits per heavy atom. The van der Waals surface area contributed by atoms with Crippen molar-refractivity contribution in [1.82, 2.24) is 0 Å². The number of carbonyl (C=O) groups is 3. The van der Waals surface area contributed by atoms with E-state index in [0.717, 1.165) is 12.1 Å². The van der Waals surface area contributed by atoms with E-state index < -0.39 is 51.2 Å². The van der Waals surface area contributed by atoms with Crippen molar-refractivity contribution in [2.24, 2.45) is 0 Å². The molecule has 0 saturated carbocycles. The summed E-state index contributed by atoms with van der Waals surface area (Å²) in [4.78, 5) is 83.3. The Morgan fingerprint density at radius 2 is 0.840 bits per heavy atom. The molecule has 0 aromatic heterocycles. The average molecular weight is 767 g/mol. The molecule has 50 heavy (non-hydrogen) atoms. The summed E-state index contributed by atoms with van der Waals surface area (Å²) in [5.74, 6) is -2.05. The Labute approximate surface area is 284 Å². The molecule has 4 aromatic rings. The van der Waals surface area contributed by atoms with Crippen molar-refractivity contribution in [3.8, 4) is 23.0 Å². The van der Waals surface area contributed by atoms with Crippen molar-refractivity contribution in [2.75, 3.05) is 21.3 Å². The number of carbonyl (C=O) groups excluding carboxylic acids is 3. The van der Waals surface area contributed by atoms with Gasteiger partial charge >= 0.3 is 39.4 Å². The Kier molecular flexibility index (Phi) is 13.1. The summed E-state index contributed by atoms with van der Waals surface area (Å²) in [6.45, 7) is 0. The van der Waals surface area contributed by atoms with Crippen LogP contribution in [0.3, 0.4) is 0 Å². The molecular weight excluding hydrogens is 744 g/mol. The summed E-state index contributed by atoms with van der Waals surface area (Å²) in [6, 6.07) is 17.6. The highest BCUT2D eigenvalue weighted by Gasteiger charge is 2.22.